The standard InChI is InChI=1S/C26H28O2/c1-17-8-10-20-22(14-17)26(12-6-4-3-5-7-13-26)23-16-24(27)21-15-18(28-2)9-11-19(21)25(20)23/h8-11,14-16,27H,3-7,12-13H2,1-2H3. The number of aryl methyl sites for hydroxylation is 1. The molecule has 3 aromatic carbocycles. The predicted octanol–water partition coefficient (Wildman–Crippen LogP) is 6.87. The van der Waals surface area contributed by atoms with E-state index in [-0.39, 0.29) is 5.41 Å². The molecule has 0 bridgehead atoms. The Morgan fingerprint density at radius 3 is 2.32 bits per heavy atom. The lowest BCUT2D eigenvalue weighted by molar-refractivity contribution is 0.372. The van der Waals surface area contributed by atoms with Gasteiger partial charge in [-0.3, -0.25) is 0 Å². The molecule has 0 heterocycles. The Kier molecular flexibility index (Phi) is 4.12. The summed E-state index contributed by atoms with van der Waals surface area (Å²) in [5.41, 5.74) is 6.87. The second-order valence-corrected chi connectivity index (χ2v) is 8.63. The molecule has 2 aliphatic carbocycles. The molecule has 0 atom stereocenters. The van der Waals surface area contributed by atoms with Crippen molar-refractivity contribution in [2.45, 2.75) is 57.3 Å². The Bertz CT molecular complexity index is 1060. The summed E-state index contributed by atoms with van der Waals surface area (Å²) in [4.78, 5) is 0. The number of hydrogen-bond acceptors (Lipinski definition) is 2. The Hall–Kier alpha value is -2.48. The third-order valence-corrected chi connectivity index (χ3v) is 7.01. The third kappa shape index (κ3) is 2.47. The van der Waals surface area contributed by atoms with Crippen molar-refractivity contribution in [2.75, 3.05) is 7.11 Å². The SMILES string of the molecule is COc1ccc2c3c(cc(O)c2c1)C1(CCCCCCC1)c1cc(C)ccc1-3. The second-order valence-electron chi connectivity index (χ2n) is 8.63. The van der Waals surface area contributed by atoms with E-state index in [1.165, 1.54) is 72.8 Å². The average molecular weight is 373 g/mol. The van der Waals surface area contributed by atoms with E-state index in [1.54, 1.807) is 7.11 Å². The van der Waals surface area contributed by atoms with E-state index in [4.69, 9.17) is 4.74 Å². The molecule has 0 aromatic heterocycles. The summed E-state index contributed by atoms with van der Waals surface area (Å²) < 4.78 is 5.41. The van der Waals surface area contributed by atoms with Crippen LogP contribution in [0.1, 0.15) is 61.6 Å². The highest BCUT2D eigenvalue weighted by Gasteiger charge is 2.43. The van der Waals surface area contributed by atoms with Crippen LogP contribution in [-0.2, 0) is 5.41 Å². The molecule has 5 rings (SSSR count). The largest absolute Gasteiger partial charge is 0.507 e. The van der Waals surface area contributed by atoms with Crippen molar-refractivity contribution < 1.29 is 9.84 Å². The van der Waals surface area contributed by atoms with Crippen molar-refractivity contribution in [3.63, 3.8) is 0 Å². The summed E-state index contributed by atoms with van der Waals surface area (Å²) in [6.07, 6.45) is 8.86. The van der Waals surface area contributed by atoms with Crippen LogP contribution in [0.3, 0.4) is 0 Å². The molecule has 144 valence electrons. The van der Waals surface area contributed by atoms with E-state index in [0.29, 0.717) is 5.75 Å². The lowest BCUT2D eigenvalue weighted by Crippen LogP contribution is -2.26. The van der Waals surface area contributed by atoms with Gasteiger partial charge in [-0.2, -0.15) is 0 Å². The normalized spacial score (nSPS) is 17.8. The molecule has 3 aromatic rings. The average Bonchev–Trinajstić information content (AvgIpc) is 2.94. The predicted molar refractivity (Wildman–Crippen MR) is 115 cm³/mol. The smallest absolute Gasteiger partial charge is 0.123 e. The molecule has 0 aliphatic heterocycles. The summed E-state index contributed by atoms with van der Waals surface area (Å²) in [6.45, 7) is 2.19. The molecule has 1 fully saturated rings. The minimum absolute atomic E-state index is 0.0443. The lowest BCUT2D eigenvalue weighted by atomic mass is 9.69. The first-order valence-corrected chi connectivity index (χ1v) is 10.6. The van der Waals surface area contributed by atoms with Gasteiger partial charge in [-0.25, -0.2) is 0 Å². The molecule has 0 unspecified atom stereocenters. The molecule has 1 N–H and O–H groups in total. The van der Waals surface area contributed by atoms with Crippen LogP contribution in [0.2, 0.25) is 0 Å². The maximum atomic E-state index is 11.0. The minimum Gasteiger partial charge on any atom is -0.507 e. The summed E-state index contributed by atoms with van der Waals surface area (Å²) >= 11 is 0. The van der Waals surface area contributed by atoms with Crippen LogP contribution in [-0.4, -0.2) is 12.2 Å². The number of phenols is 1. The third-order valence-electron chi connectivity index (χ3n) is 7.01. The lowest BCUT2D eigenvalue weighted by Gasteiger charge is -2.34. The molecule has 28 heavy (non-hydrogen) atoms. The van der Waals surface area contributed by atoms with Crippen molar-refractivity contribution in [1.29, 1.82) is 0 Å². The monoisotopic (exact) mass is 372 g/mol. The minimum atomic E-state index is 0.0443. The van der Waals surface area contributed by atoms with Crippen molar-refractivity contribution in [3.05, 3.63) is 59.2 Å². The van der Waals surface area contributed by atoms with Crippen LogP contribution >= 0.6 is 0 Å². The maximum Gasteiger partial charge on any atom is 0.123 e. The fraction of sp³-hybridized carbons (Fsp3) is 0.385. The van der Waals surface area contributed by atoms with Gasteiger partial charge < -0.3 is 9.84 Å². The molecular weight excluding hydrogens is 344 g/mol. The quantitative estimate of drug-likeness (QED) is 0.505. The summed E-state index contributed by atoms with van der Waals surface area (Å²) in [5, 5.41) is 13.0. The van der Waals surface area contributed by atoms with Gasteiger partial charge in [-0.1, -0.05) is 55.9 Å². The maximum absolute atomic E-state index is 11.0. The first-order chi connectivity index (χ1) is 13.6. The molecule has 2 nitrogen and oxygen atoms in total. The van der Waals surface area contributed by atoms with Gasteiger partial charge >= 0.3 is 0 Å². The van der Waals surface area contributed by atoms with E-state index in [9.17, 15) is 5.11 Å². The molecular formula is C26H28O2. The molecule has 2 heteroatoms. The highest BCUT2D eigenvalue weighted by molar-refractivity contribution is 6.05. The van der Waals surface area contributed by atoms with Crippen molar-refractivity contribution in [2.24, 2.45) is 0 Å². The van der Waals surface area contributed by atoms with Gasteiger partial charge in [0.15, 0.2) is 0 Å². The number of methoxy groups -OCH3 is 1. The van der Waals surface area contributed by atoms with Gasteiger partial charge in [0.05, 0.1) is 7.11 Å². The van der Waals surface area contributed by atoms with Gasteiger partial charge in [-0.05, 0) is 71.7 Å². The van der Waals surface area contributed by atoms with E-state index in [0.717, 1.165) is 16.5 Å². The Morgan fingerprint density at radius 2 is 1.57 bits per heavy atom. The number of hydrogen-bond donors (Lipinski definition) is 1. The highest BCUT2D eigenvalue weighted by atomic mass is 16.5. The van der Waals surface area contributed by atoms with Crippen molar-refractivity contribution >= 4 is 10.8 Å². The number of ether oxygens (including phenoxy) is 1. The topological polar surface area (TPSA) is 29.5 Å². The van der Waals surface area contributed by atoms with E-state index >= 15 is 0 Å². The zero-order chi connectivity index (χ0) is 19.3. The van der Waals surface area contributed by atoms with Crippen molar-refractivity contribution in [1.82, 2.24) is 0 Å². The molecule has 0 radical (unpaired) electrons. The van der Waals surface area contributed by atoms with Crippen LogP contribution in [0.15, 0.2) is 42.5 Å². The van der Waals surface area contributed by atoms with Crippen LogP contribution in [0.4, 0.5) is 0 Å². The zero-order valence-electron chi connectivity index (χ0n) is 16.8. The summed E-state index contributed by atoms with van der Waals surface area (Å²) in [6, 6.07) is 15.1. The van der Waals surface area contributed by atoms with E-state index in [1.807, 2.05) is 12.1 Å². The van der Waals surface area contributed by atoms with Gasteiger partial charge in [0.25, 0.3) is 0 Å². The Morgan fingerprint density at radius 1 is 0.821 bits per heavy atom. The van der Waals surface area contributed by atoms with Gasteiger partial charge in [0.2, 0.25) is 0 Å². The van der Waals surface area contributed by atoms with Crippen LogP contribution in [0.5, 0.6) is 11.5 Å². The molecule has 1 spiro atoms. The fourth-order valence-corrected chi connectivity index (χ4v) is 5.64. The van der Waals surface area contributed by atoms with Crippen molar-refractivity contribution in [3.8, 4) is 22.6 Å². The van der Waals surface area contributed by atoms with Gasteiger partial charge in [-0.15, -0.1) is 0 Å². The molecule has 0 saturated heterocycles. The number of rotatable bonds is 1. The number of fused-ring (bicyclic) bond motifs is 7. The first kappa shape index (κ1) is 17.6. The van der Waals surface area contributed by atoms with Gasteiger partial charge in [0.1, 0.15) is 11.5 Å². The number of phenolic OH excluding ortho intramolecular Hbond substituents is 1. The molecule has 0 amide bonds. The Balaban J connectivity index is 1.85. The van der Waals surface area contributed by atoms with Crippen LogP contribution in [0.25, 0.3) is 21.9 Å². The summed E-state index contributed by atoms with van der Waals surface area (Å²) in [5.74, 6) is 1.16. The zero-order valence-corrected chi connectivity index (χ0v) is 16.8. The van der Waals surface area contributed by atoms with Crippen LogP contribution < -0.4 is 4.74 Å². The molecule has 1 saturated carbocycles. The highest BCUT2D eigenvalue weighted by Crippen LogP contribution is 2.58. The number of aromatic hydroxyl groups is 1. The summed E-state index contributed by atoms with van der Waals surface area (Å²) in [7, 11) is 1.67. The second kappa shape index (κ2) is 6.55. The van der Waals surface area contributed by atoms with E-state index < -0.39 is 0 Å². The first-order valence-electron chi connectivity index (χ1n) is 10.6. The Labute approximate surface area is 167 Å². The number of benzene rings is 3. The van der Waals surface area contributed by atoms with Crippen LogP contribution in [0, 0.1) is 6.92 Å². The van der Waals surface area contributed by atoms with Gasteiger partial charge in [0, 0.05) is 10.8 Å². The van der Waals surface area contributed by atoms with E-state index in [2.05, 4.69) is 37.3 Å². The molecule has 2 aliphatic rings. The fourth-order valence-electron chi connectivity index (χ4n) is 5.64.